The Labute approximate surface area is 243 Å². The monoisotopic (exact) mass is 612 g/mol. The number of aliphatic hydroxyl groups is 7. The van der Waals surface area contributed by atoms with Crippen LogP contribution in [0.3, 0.4) is 0 Å². The van der Waals surface area contributed by atoms with E-state index >= 15 is 0 Å². The third-order valence-corrected chi connectivity index (χ3v) is 7.57. The van der Waals surface area contributed by atoms with Gasteiger partial charge in [-0.25, -0.2) is 0 Å². The topological polar surface area (TPSA) is 266 Å². The molecule has 11 atom stereocenters. The molecule has 236 valence electrons. The highest BCUT2D eigenvalue weighted by Crippen LogP contribution is 2.50. The molecule has 0 aromatic heterocycles. The second-order valence-corrected chi connectivity index (χ2v) is 10.4. The smallest absolute Gasteiger partial charge is 0.230 e. The fraction of sp³-hybridized carbons (Fsp3) is 0.519. The number of rotatable bonds is 7. The van der Waals surface area contributed by atoms with Crippen LogP contribution >= 0.6 is 0 Å². The summed E-state index contributed by atoms with van der Waals surface area (Å²) >= 11 is 0. The van der Waals surface area contributed by atoms with Crippen LogP contribution in [0, 0.1) is 0 Å². The zero-order chi connectivity index (χ0) is 31.2. The van der Waals surface area contributed by atoms with Gasteiger partial charge in [0, 0.05) is 6.07 Å². The highest BCUT2D eigenvalue weighted by atomic mass is 16.8. The molecule has 0 spiro atoms. The number of phenolic OH excluding ortho intramolecular Hbond substituents is 3. The van der Waals surface area contributed by atoms with Gasteiger partial charge in [-0.15, -0.1) is 0 Å². The summed E-state index contributed by atoms with van der Waals surface area (Å²) in [5.41, 5.74) is 0.117. The first kappa shape index (κ1) is 31.1. The van der Waals surface area contributed by atoms with E-state index in [4.69, 9.17) is 23.7 Å². The number of hydrogen-bond donors (Lipinski definition) is 10. The molecule has 5 rings (SSSR count). The number of carbonyl (C=O) groups excluding carboxylic acids is 1. The lowest BCUT2D eigenvalue weighted by molar-refractivity contribution is -0.358. The summed E-state index contributed by atoms with van der Waals surface area (Å²) in [6.07, 6.45) is -18.7. The third kappa shape index (κ3) is 5.82. The zero-order valence-corrected chi connectivity index (χ0v) is 22.3. The number of ether oxygens (including phenoxy) is 5. The van der Waals surface area contributed by atoms with Crippen molar-refractivity contribution in [1.29, 1.82) is 0 Å². The summed E-state index contributed by atoms with van der Waals surface area (Å²) in [5.74, 6) is -2.97. The van der Waals surface area contributed by atoms with Gasteiger partial charge in [-0.1, -0.05) is 12.1 Å². The molecule has 0 amide bonds. The van der Waals surface area contributed by atoms with Crippen LogP contribution in [0.4, 0.5) is 0 Å². The lowest BCUT2D eigenvalue weighted by Crippen LogP contribution is -2.65. The molecule has 2 aromatic rings. The summed E-state index contributed by atoms with van der Waals surface area (Å²) in [4.78, 5) is 13.1. The van der Waals surface area contributed by atoms with Crippen LogP contribution in [-0.2, 0) is 14.2 Å². The standard InChI is InChI=1S/C27H32O16/c28-7-15-18(34)20(36)22(38)26(40-15)43-25-21(37)19(35)16(8-29)41-27(25)42-23-13(33)5-11(31)17-12(32)6-14(39-24(17)23)9-1-3-10(30)4-2-9/h1-5,14-16,18-22,25-31,33-38H,6-8H2/t14-,15+,16+,18+,19+,20-,21-,22+,25+,26-,27-/m0/s1. The first-order valence-corrected chi connectivity index (χ1v) is 13.3. The predicted molar refractivity (Wildman–Crippen MR) is 137 cm³/mol. The number of hydrogen-bond acceptors (Lipinski definition) is 16. The number of aliphatic hydroxyl groups excluding tert-OH is 7. The number of benzene rings is 2. The molecular weight excluding hydrogens is 580 g/mol. The van der Waals surface area contributed by atoms with Crippen molar-refractivity contribution in [2.24, 2.45) is 0 Å². The zero-order valence-electron chi connectivity index (χ0n) is 22.3. The maximum atomic E-state index is 13.1. The Hall–Kier alpha value is -3.29. The van der Waals surface area contributed by atoms with Gasteiger partial charge in [0.15, 0.2) is 29.7 Å². The van der Waals surface area contributed by atoms with Crippen molar-refractivity contribution in [2.45, 2.75) is 73.9 Å². The maximum absolute atomic E-state index is 13.1. The van der Waals surface area contributed by atoms with E-state index in [0.29, 0.717) is 5.56 Å². The van der Waals surface area contributed by atoms with Gasteiger partial charge in [-0.2, -0.15) is 0 Å². The molecule has 0 bridgehead atoms. The lowest BCUT2D eigenvalue weighted by Gasteiger charge is -2.46. The Morgan fingerprint density at radius 3 is 2.00 bits per heavy atom. The maximum Gasteiger partial charge on any atom is 0.230 e. The largest absolute Gasteiger partial charge is 0.508 e. The number of Topliss-reactive ketones (excluding diaryl/α,β-unsaturated/α-hetero) is 1. The van der Waals surface area contributed by atoms with E-state index in [-0.39, 0.29) is 17.7 Å². The van der Waals surface area contributed by atoms with Gasteiger partial charge in [-0.3, -0.25) is 4.79 Å². The van der Waals surface area contributed by atoms with Crippen LogP contribution in [0.1, 0.15) is 28.4 Å². The van der Waals surface area contributed by atoms with E-state index in [9.17, 15) is 55.9 Å². The second-order valence-electron chi connectivity index (χ2n) is 10.4. The molecule has 2 aromatic carbocycles. The highest BCUT2D eigenvalue weighted by Gasteiger charge is 2.52. The average Bonchev–Trinajstić information content (AvgIpc) is 2.98. The van der Waals surface area contributed by atoms with Crippen LogP contribution in [0.5, 0.6) is 28.7 Å². The fourth-order valence-corrected chi connectivity index (χ4v) is 5.19. The quantitative estimate of drug-likeness (QED) is 0.155. The summed E-state index contributed by atoms with van der Waals surface area (Å²) in [5, 5.41) is 102. The first-order valence-electron chi connectivity index (χ1n) is 13.3. The lowest BCUT2D eigenvalue weighted by atomic mass is 9.95. The minimum Gasteiger partial charge on any atom is -0.508 e. The summed E-state index contributed by atoms with van der Waals surface area (Å²) < 4.78 is 28.3. The number of aromatic hydroxyl groups is 3. The molecular formula is C27H32O16. The Morgan fingerprint density at radius 1 is 0.767 bits per heavy atom. The predicted octanol–water partition coefficient (Wildman–Crippen LogP) is -2.49. The van der Waals surface area contributed by atoms with E-state index in [1.807, 2.05) is 0 Å². The van der Waals surface area contributed by atoms with Gasteiger partial charge in [0.25, 0.3) is 0 Å². The molecule has 43 heavy (non-hydrogen) atoms. The van der Waals surface area contributed by atoms with Crippen molar-refractivity contribution in [2.75, 3.05) is 13.2 Å². The molecule has 3 aliphatic heterocycles. The van der Waals surface area contributed by atoms with Gasteiger partial charge >= 0.3 is 0 Å². The minimum atomic E-state index is -1.92. The van der Waals surface area contributed by atoms with E-state index in [1.165, 1.54) is 24.3 Å². The number of ketones is 1. The van der Waals surface area contributed by atoms with Gasteiger partial charge < -0.3 is 74.7 Å². The van der Waals surface area contributed by atoms with E-state index in [0.717, 1.165) is 6.07 Å². The van der Waals surface area contributed by atoms with Crippen molar-refractivity contribution in [1.82, 2.24) is 0 Å². The van der Waals surface area contributed by atoms with Crippen LogP contribution in [0.25, 0.3) is 0 Å². The van der Waals surface area contributed by atoms with Gasteiger partial charge in [0.2, 0.25) is 12.0 Å². The normalized spacial score (nSPS) is 36.1. The molecule has 2 fully saturated rings. The third-order valence-electron chi connectivity index (χ3n) is 7.57. The van der Waals surface area contributed by atoms with Gasteiger partial charge in [-0.05, 0) is 17.7 Å². The average molecular weight is 613 g/mol. The molecule has 10 N–H and O–H groups in total. The second kappa shape index (κ2) is 12.4. The van der Waals surface area contributed by atoms with E-state index in [2.05, 4.69) is 0 Å². The van der Waals surface area contributed by atoms with Crippen molar-refractivity contribution in [3.8, 4) is 28.7 Å². The molecule has 0 saturated carbocycles. The Kier molecular flexibility index (Phi) is 8.96. The molecule has 0 unspecified atom stereocenters. The van der Waals surface area contributed by atoms with Crippen molar-refractivity contribution >= 4 is 5.78 Å². The molecule has 3 heterocycles. The number of phenols is 3. The number of fused-ring (bicyclic) bond motifs is 1. The molecule has 2 saturated heterocycles. The van der Waals surface area contributed by atoms with Crippen LogP contribution in [0.2, 0.25) is 0 Å². The van der Waals surface area contributed by atoms with Crippen LogP contribution < -0.4 is 9.47 Å². The van der Waals surface area contributed by atoms with E-state index in [1.54, 1.807) is 0 Å². The first-order chi connectivity index (χ1) is 20.4. The Morgan fingerprint density at radius 2 is 1.37 bits per heavy atom. The molecule has 16 heteroatoms. The van der Waals surface area contributed by atoms with Crippen LogP contribution in [-0.4, -0.2) is 131 Å². The van der Waals surface area contributed by atoms with E-state index < -0.39 is 110 Å². The van der Waals surface area contributed by atoms with Crippen LogP contribution in [0.15, 0.2) is 30.3 Å². The Bertz CT molecular complexity index is 1300. The van der Waals surface area contributed by atoms with Crippen molar-refractivity contribution in [3.05, 3.63) is 41.5 Å². The summed E-state index contributed by atoms with van der Waals surface area (Å²) in [6, 6.07) is 6.55. The van der Waals surface area contributed by atoms with Crippen molar-refractivity contribution in [3.63, 3.8) is 0 Å². The SMILES string of the molecule is O=C1C[C@@H](c2ccc(O)cc2)Oc2c(O[C@@H]3O[C@H](CO)[C@@H](O)[C@H](O)[C@H]3O[C@@H]3O[C@H](CO)[C@@H](O)[C@H](O)[C@H]3O)c(O)cc(O)c21. The molecule has 0 aliphatic carbocycles. The molecule has 0 radical (unpaired) electrons. The van der Waals surface area contributed by atoms with Gasteiger partial charge in [0.1, 0.15) is 65.9 Å². The fourth-order valence-electron chi connectivity index (χ4n) is 5.19. The highest BCUT2D eigenvalue weighted by molar-refractivity contribution is 6.03. The number of carbonyl (C=O) groups is 1. The van der Waals surface area contributed by atoms with Gasteiger partial charge in [0.05, 0.1) is 19.6 Å². The van der Waals surface area contributed by atoms with Crippen molar-refractivity contribution < 1.29 is 79.5 Å². The minimum absolute atomic E-state index is 0.0373. The summed E-state index contributed by atoms with van der Waals surface area (Å²) in [7, 11) is 0. The molecule has 3 aliphatic rings. The summed E-state index contributed by atoms with van der Waals surface area (Å²) in [6.45, 7) is -1.60. The molecule has 16 nitrogen and oxygen atoms in total. The Balaban J connectivity index is 1.49.